The number of esters is 1. The number of benzene rings is 2. The van der Waals surface area contributed by atoms with E-state index in [2.05, 4.69) is 49.5 Å². The monoisotopic (exact) mass is 322 g/mol. The first-order valence-electron chi connectivity index (χ1n) is 8.09. The largest absolute Gasteiger partial charge is 0.462 e. The Hall–Kier alpha value is -2.80. The third-order valence-electron chi connectivity index (χ3n) is 3.78. The zero-order chi connectivity index (χ0) is 17.5. The number of anilines is 1. The van der Waals surface area contributed by atoms with Crippen LogP contribution in [-0.4, -0.2) is 12.6 Å². The van der Waals surface area contributed by atoms with E-state index in [1.165, 1.54) is 5.56 Å². The summed E-state index contributed by atoms with van der Waals surface area (Å²) in [5.74, 6) is 0.0468. The molecule has 124 valence electrons. The highest BCUT2D eigenvalue weighted by atomic mass is 16.5. The molecule has 0 atom stereocenters. The predicted octanol–water partition coefficient (Wildman–Crippen LogP) is 4.47. The van der Waals surface area contributed by atoms with Gasteiger partial charge >= 0.3 is 5.97 Å². The highest BCUT2D eigenvalue weighted by molar-refractivity contribution is 5.92. The van der Waals surface area contributed by atoms with Crippen molar-refractivity contribution in [3.05, 3.63) is 64.7 Å². The molecule has 0 amide bonds. The Bertz CT molecular complexity index is 743. The van der Waals surface area contributed by atoms with Gasteiger partial charge in [-0.3, -0.25) is 0 Å². The fourth-order valence-corrected chi connectivity index (χ4v) is 2.36. The number of carbonyl (C=O) groups is 1. The number of nitrogens with zero attached hydrogens (tertiary/aromatic N) is 1. The number of rotatable bonds is 6. The van der Waals surface area contributed by atoms with E-state index in [1.54, 1.807) is 25.1 Å². The van der Waals surface area contributed by atoms with E-state index in [1.807, 2.05) is 0 Å². The fraction of sp³-hybridized carbons (Fsp3) is 0.300. The van der Waals surface area contributed by atoms with Crippen molar-refractivity contribution < 1.29 is 9.53 Å². The number of nitriles is 1. The molecule has 0 heterocycles. The topological polar surface area (TPSA) is 62.1 Å². The summed E-state index contributed by atoms with van der Waals surface area (Å²) in [6, 6.07) is 15.6. The molecule has 4 heteroatoms. The van der Waals surface area contributed by atoms with Crippen LogP contribution in [0.15, 0.2) is 42.5 Å². The fourth-order valence-electron chi connectivity index (χ4n) is 2.36. The first kappa shape index (κ1) is 17.6. The van der Waals surface area contributed by atoms with Crippen molar-refractivity contribution >= 4 is 11.7 Å². The summed E-state index contributed by atoms with van der Waals surface area (Å²) < 4.78 is 4.96. The maximum atomic E-state index is 11.8. The highest BCUT2D eigenvalue weighted by Gasteiger charge is 2.12. The molecule has 0 aliphatic carbocycles. The average molecular weight is 322 g/mol. The Morgan fingerprint density at radius 3 is 2.50 bits per heavy atom. The summed E-state index contributed by atoms with van der Waals surface area (Å²) in [7, 11) is 0. The molecule has 24 heavy (non-hydrogen) atoms. The smallest absolute Gasteiger partial charge is 0.339 e. The second-order valence-corrected chi connectivity index (χ2v) is 5.84. The van der Waals surface area contributed by atoms with Crippen LogP contribution in [0.3, 0.4) is 0 Å². The third kappa shape index (κ3) is 4.36. The van der Waals surface area contributed by atoms with E-state index in [4.69, 9.17) is 4.74 Å². The molecule has 0 saturated heterocycles. The Balaban J connectivity index is 2.07. The van der Waals surface area contributed by atoms with Crippen molar-refractivity contribution in [2.24, 2.45) is 0 Å². The number of ether oxygens (including phenoxy) is 1. The van der Waals surface area contributed by atoms with Gasteiger partial charge in [-0.2, -0.15) is 5.26 Å². The summed E-state index contributed by atoms with van der Waals surface area (Å²) in [5.41, 5.74) is 3.88. The first-order chi connectivity index (χ1) is 11.5. The number of hydrogen-bond acceptors (Lipinski definition) is 4. The molecule has 0 bridgehead atoms. The van der Waals surface area contributed by atoms with E-state index in [0.29, 0.717) is 23.6 Å². The lowest BCUT2D eigenvalue weighted by atomic mass is 10.0. The molecule has 4 nitrogen and oxygen atoms in total. The zero-order valence-corrected chi connectivity index (χ0v) is 14.3. The van der Waals surface area contributed by atoms with Crippen LogP contribution in [0.2, 0.25) is 0 Å². The van der Waals surface area contributed by atoms with Crippen LogP contribution >= 0.6 is 0 Å². The maximum absolute atomic E-state index is 11.8. The highest BCUT2D eigenvalue weighted by Crippen LogP contribution is 2.18. The standard InChI is InChI=1S/C20H22N2O2/c1-4-24-20(23)19-10-9-18(11-17(19)12-21)22-13-15-5-7-16(8-6-15)14(2)3/h5-11,14,22H,4,13H2,1-3H3. The van der Waals surface area contributed by atoms with Crippen LogP contribution in [0.4, 0.5) is 5.69 Å². The van der Waals surface area contributed by atoms with Crippen molar-refractivity contribution in [1.82, 2.24) is 0 Å². The van der Waals surface area contributed by atoms with E-state index >= 15 is 0 Å². The molecule has 2 aromatic rings. The summed E-state index contributed by atoms with van der Waals surface area (Å²) in [6.07, 6.45) is 0. The van der Waals surface area contributed by atoms with Gasteiger partial charge in [-0.05, 0) is 42.2 Å². The number of carbonyl (C=O) groups excluding carboxylic acids is 1. The lowest BCUT2D eigenvalue weighted by molar-refractivity contribution is 0.0526. The maximum Gasteiger partial charge on any atom is 0.339 e. The van der Waals surface area contributed by atoms with Crippen LogP contribution in [0.5, 0.6) is 0 Å². The van der Waals surface area contributed by atoms with Gasteiger partial charge in [-0.25, -0.2) is 4.79 Å². The second kappa shape index (κ2) is 8.16. The lowest BCUT2D eigenvalue weighted by Crippen LogP contribution is -2.08. The molecule has 1 N–H and O–H groups in total. The van der Waals surface area contributed by atoms with Gasteiger partial charge in [-0.1, -0.05) is 38.1 Å². The summed E-state index contributed by atoms with van der Waals surface area (Å²) in [6.45, 7) is 7.02. The molecule has 2 aromatic carbocycles. The Morgan fingerprint density at radius 2 is 1.92 bits per heavy atom. The Kier molecular flexibility index (Phi) is 5.97. The first-order valence-corrected chi connectivity index (χ1v) is 8.09. The summed E-state index contributed by atoms with van der Waals surface area (Å²) in [4.78, 5) is 11.8. The van der Waals surface area contributed by atoms with Gasteiger partial charge in [0, 0.05) is 12.2 Å². The number of nitrogens with one attached hydrogen (secondary N) is 1. The van der Waals surface area contributed by atoms with Crippen LogP contribution in [0.25, 0.3) is 0 Å². The normalized spacial score (nSPS) is 10.3. The van der Waals surface area contributed by atoms with E-state index in [9.17, 15) is 10.1 Å². The van der Waals surface area contributed by atoms with Gasteiger partial charge in [0.05, 0.1) is 17.7 Å². The average Bonchev–Trinajstić information content (AvgIpc) is 2.60. The zero-order valence-electron chi connectivity index (χ0n) is 14.3. The van der Waals surface area contributed by atoms with E-state index in [-0.39, 0.29) is 6.61 Å². The molecule has 0 aliphatic rings. The van der Waals surface area contributed by atoms with Gasteiger partial charge < -0.3 is 10.1 Å². The predicted molar refractivity (Wildman–Crippen MR) is 95.0 cm³/mol. The van der Waals surface area contributed by atoms with Crippen LogP contribution in [-0.2, 0) is 11.3 Å². The minimum Gasteiger partial charge on any atom is -0.462 e. The van der Waals surface area contributed by atoms with Crippen molar-refractivity contribution in [2.45, 2.75) is 33.2 Å². The molecule has 2 rings (SSSR count). The van der Waals surface area contributed by atoms with Gasteiger partial charge in [0.1, 0.15) is 6.07 Å². The summed E-state index contributed by atoms with van der Waals surface area (Å²) >= 11 is 0. The Labute approximate surface area is 143 Å². The molecular weight excluding hydrogens is 300 g/mol. The minimum atomic E-state index is -0.468. The van der Waals surface area contributed by atoms with Crippen LogP contribution in [0, 0.1) is 11.3 Å². The van der Waals surface area contributed by atoms with Crippen molar-refractivity contribution in [2.75, 3.05) is 11.9 Å². The molecule has 0 aliphatic heterocycles. The second-order valence-electron chi connectivity index (χ2n) is 5.84. The lowest BCUT2D eigenvalue weighted by Gasteiger charge is -2.10. The van der Waals surface area contributed by atoms with Gasteiger partial charge in [0.15, 0.2) is 0 Å². The number of hydrogen-bond donors (Lipinski definition) is 1. The molecule has 0 spiro atoms. The van der Waals surface area contributed by atoms with Crippen LogP contribution < -0.4 is 5.32 Å². The van der Waals surface area contributed by atoms with Gasteiger partial charge in [0.2, 0.25) is 0 Å². The molecule has 0 aromatic heterocycles. The molecule has 0 unspecified atom stereocenters. The van der Waals surface area contributed by atoms with E-state index < -0.39 is 5.97 Å². The molecule has 0 saturated carbocycles. The van der Waals surface area contributed by atoms with Crippen LogP contribution in [0.1, 0.15) is 53.7 Å². The molecule has 0 radical (unpaired) electrons. The van der Waals surface area contributed by atoms with Gasteiger partial charge in [0.25, 0.3) is 0 Å². The van der Waals surface area contributed by atoms with Crippen molar-refractivity contribution in [3.63, 3.8) is 0 Å². The van der Waals surface area contributed by atoms with Gasteiger partial charge in [-0.15, -0.1) is 0 Å². The van der Waals surface area contributed by atoms with Crippen molar-refractivity contribution in [1.29, 1.82) is 5.26 Å². The van der Waals surface area contributed by atoms with Crippen molar-refractivity contribution in [3.8, 4) is 6.07 Å². The molecular formula is C20H22N2O2. The summed E-state index contributed by atoms with van der Waals surface area (Å²) in [5, 5.41) is 12.5. The Morgan fingerprint density at radius 1 is 1.21 bits per heavy atom. The minimum absolute atomic E-state index is 0.288. The SMILES string of the molecule is CCOC(=O)c1ccc(NCc2ccc(C(C)C)cc2)cc1C#N. The quantitative estimate of drug-likeness (QED) is 0.797. The molecule has 0 fully saturated rings. The van der Waals surface area contributed by atoms with E-state index in [0.717, 1.165) is 11.3 Å². The third-order valence-corrected chi connectivity index (χ3v) is 3.78.